The van der Waals surface area contributed by atoms with Gasteiger partial charge in [-0.25, -0.2) is 0 Å². The van der Waals surface area contributed by atoms with Gasteiger partial charge < -0.3 is 0 Å². The van der Waals surface area contributed by atoms with Gasteiger partial charge in [0, 0.05) is 0 Å². The van der Waals surface area contributed by atoms with Gasteiger partial charge in [-0.05, 0) is 54.6 Å². The van der Waals surface area contributed by atoms with E-state index in [1.807, 2.05) is 0 Å². The van der Waals surface area contributed by atoms with Crippen LogP contribution in [0, 0.1) is 5.92 Å². The molecule has 92 valence electrons. The van der Waals surface area contributed by atoms with E-state index in [2.05, 4.69) is 31.2 Å². The van der Waals surface area contributed by atoms with Crippen LogP contribution in [0.3, 0.4) is 0 Å². The Bertz CT molecular complexity index is 393. The Morgan fingerprint density at radius 2 is 2.12 bits per heavy atom. The second-order valence-electron chi connectivity index (χ2n) is 6.06. The minimum Gasteiger partial charge on any atom is -0.0654 e. The van der Waals surface area contributed by atoms with Gasteiger partial charge in [0.05, 0.1) is 0 Å². The molecule has 2 aliphatic carbocycles. The molecule has 0 heterocycles. The van der Waals surface area contributed by atoms with E-state index in [-0.39, 0.29) is 0 Å². The molecule has 2 unspecified atom stereocenters. The first-order valence-electron chi connectivity index (χ1n) is 7.45. The topological polar surface area (TPSA) is 0 Å². The van der Waals surface area contributed by atoms with Gasteiger partial charge in [-0.3, -0.25) is 0 Å². The lowest BCUT2D eigenvalue weighted by Gasteiger charge is -2.26. The Balaban J connectivity index is 1.74. The summed E-state index contributed by atoms with van der Waals surface area (Å²) in [6.45, 7) is 2.30. The van der Waals surface area contributed by atoms with Gasteiger partial charge in [0.25, 0.3) is 0 Å². The summed E-state index contributed by atoms with van der Waals surface area (Å²) >= 11 is 0. The van der Waals surface area contributed by atoms with Crippen LogP contribution in [-0.2, 0) is 11.8 Å². The summed E-state index contributed by atoms with van der Waals surface area (Å²) in [5.41, 5.74) is 3.99. The molecular weight excluding hydrogens is 204 g/mol. The van der Waals surface area contributed by atoms with Gasteiger partial charge in [-0.15, -0.1) is 0 Å². The molecule has 17 heavy (non-hydrogen) atoms. The quantitative estimate of drug-likeness (QED) is 0.645. The van der Waals surface area contributed by atoms with Crippen molar-refractivity contribution < 1.29 is 0 Å². The molecule has 2 aliphatic rings. The molecule has 1 aromatic carbocycles. The van der Waals surface area contributed by atoms with E-state index in [4.69, 9.17) is 0 Å². The highest BCUT2D eigenvalue weighted by Crippen LogP contribution is 2.62. The molecule has 1 fully saturated rings. The molecule has 0 aromatic heterocycles. The van der Waals surface area contributed by atoms with Crippen molar-refractivity contribution in [1.29, 1.82) is 0 Å². The molecule has 2 atom stereocenters. The van der Waals surface area contributed by atoms with E-state index < -0.39 is 0 Å². The van der Waals surface area contributed by atoms with Gasteiger partial charge in [-0.1, -0.05) is 50.5 Å². The van der Waals surface area contributed by atoms with E-state index >= 15 is 0 Å². The molecular formula is C17H24. The fourth-order valence-corrected chi connectivity index (χ4v) is 3.99. The van der Waals surface area contributed by atoms with Crippen molar-refractivity contribution in [3.63, 3.8) is 0 Å². The second-order valence-corrected chi connectivity index (χ2v) is 6.06. The first-order valence-corrected chi connectivity index (χ1v) is 7.45. The van der Waals surface area contributed by atoms with Crippen LogP contribution in [0.1, 0.15) is 63.0 Å². The molecule has 0 aliphatic heterocycles. The van der Waals surface area contributed by atoms with Crippen LogP contribution in [0.15, 0.2) is 24.3 Å². The second kappa shape index (κ2) is 4.48. The Labute approximate surface area is 105 Å². The molecule has 0 heteroatoms. The van der Waals surface area contributed by atoms with Crippen LogP contribution in [0.4, 0.5) is 0 Å². The Hall–Kier alpha value is -0.780. The van der Waals surface area contributed by atoms with E-state index in [1.54, 1.807) is 11.1 Å². The fourth-order valence-electron chi connectivity index (χ4n) is 3.99. The maximum absolute atomic E-state index is 2.41. The number of benzene rings is 1. The molecule has 1 spiro atoms. The predicted molar refractivity (Wildman–Crippen MR) is 73.3 cm³/mol. The van der Waals surface area contributed by atoms with Crippen LogP contribution in [-0.4, -0.2) is 0 Å². The monoisotopic (exact) mass is 228 g/mol. The van der Waals surface area contributed by atoms with Crippen molar-refractivity contribution in [1.82, 2.24) is 0 Å². The SMILES string of the molecule is CCCCCC1CC12CCCc1ccccc12. The fraction of sp³-hybridized carbons (Fsp3) is 0.647. The summed E-state index contributed by atoms with van der Waals surface area (Å²) in [5.74, 6) is 1.01. The minimum absolute atomic E-state index is 0.628. The number of fused-ring (bicyclic) bond motifs is 2. The maximum atomic E-state index is 2.41. The molecule has 0 N–H and O–H groups in total. The average Bonchev–Trinajstić information content (AvgIpc) is 3.04. The molecule has 0 bridgehead atoms. The normalized spacial score (nSPS) is 30.3. The average molecular weight is 228 g/mol. The lowest BCUT2D eigenvalue weighted by molar-refractivity contribution is 0.471. The van der Waals surface area contributed by atoms with Crippen molar-refractivity contribution in [2.24, 2.45) is 5.92 Å². The van der Waals surface area contributed by atoms with Gasteiger partial charge in [0.1, 0.15) is 0 Å². The highest BCUT2D eigenvalue weighted by atomic mass is 14.6. The first-order chi connectivity index (χ1) is 8.37. The van der Waals surface area contributed by atoms with Gasteiger partial charge in [-0.2, -0.15) is 0 Å². The highest BCUT2D eigenvalue weighted by Gasteiger charge is 2.55. The van der Waals surface area contributed by atoms with Crippen LogP contribution < -0.4 is 0 Å². The zero-order valence-corrected chi connectivity index (χ0v) is 11.0. The van der Waals surface area contributed by atoms with Crippen LogP contribution in [0.25, 0.3) is 0 Å². The van der Waals surface area contributed by atoms with Crippen molar-refractivity contribution in [2.45, 2.75) is 63.7 Å². The van der Waals surface area contributed by atoms with Crippen molar-refractivity contribution in [2.75, 3.05) is 0 Å². The zero-order valence-electron chi connectivity index (χ0n) is 11.0. The molecule has 1 saturated carbocycles. The van der Waals surface area contributed by atoms with Gasteiger partial charge >= 0.3 is 0 Å². The smallest absolute Gasteiger partial charge is 0.00126 e. The molecule has 0 saturated heterocycles. The number of hydrogen-bond acceptors (Lipinski definition) is 0. The number of rotatable bonds is 4. The van der Waals surface area contributed by atoms with E-state index in [1.165, 1.54) is 51.4 Å². The summed E-state index contributed by atoms with van der Waals surface area (Å²) in [6.07, 6.45) is 11.4. The summed E-state index contributed by atoms with van der Waals surface area (Å²) < 4.78 is 0. The molecule has 0 radical (unpaired) electrons. The highest BCUT2D eigenvalue weighted by molar-refractivity contribution is 5.42. The Morgan fingerprint density at radius 1 is 1.24 bits per heavy atom. The first kappa shape index (κ1) is 11.3. The molecule has 1 aromatic rings. The van der Waals surface area contributed by atoms with Crippen LogP contribution in [0.2, 0.25) is 0 Å². The third-order valence-electron chi connectivity index (χ3n) is 5.01. The van der Waals surface area contributed by atoms with E-state index in [9.17, 15) is 0 Å². The third-order valence-corrected chi connectivity index (χ3v) is 5.01. The number of unbranched alkanes of at least 4 members (excludes halogenated alkanes) is 2. The van der Waals surface area contributed by atoms with Crippen LogP contribution in [0.5, 0.6) is 0 Å². The Kier molecular flexibility index (Phi) is 2.98. The zero-order chi connectivity index (χ0) is 11.7. The lowest BCUT2D eigenvalue weighted by Crippen LogP contribution is -2.18. The van der Waals surface area contributed by atoms with E-state index in [0.29, 0.717) is 5.41 Å². The van der Waals surface area contributed by atoms with Crippen molar-refractivity contribution >= 4 is 0 Å². The van der Waals surface area contributed by atoms with Crippen LogP contribution >= 0.6 is 0 Å². The largest absolute Gasteiger partial charge is 0.0654 e. The molecule has 0 nitrogen and oxygen atoms in total. The van der Waals surface area contributed by atoms with Crippen molar-refractivity contribution in [3.05, 3.63) is 35.4 Å². The summed E-state index contributed by atoms with van der Waals surface area (Å²) in [5, 5.41) is 0. The lowest BCUT2D eigenvalue weighted by atomic mass is 9.78. The maximum Gasteiger partial charge on any atom is -0.00126 e. The summed E-state index contributed by atoms with van der Waals surface area (Å²) in [6, 6.07) is 9.23. The number of aryl methyl sites for hydroxylation is 1. The standard InChI is InChI=1S/C17H24/c1-2-3-4-10-15-13-17(15)12-7-9-14-8-5-6-11-16(14)17/h5-6,8,11,15H,2-4,7,9-10,12-13H2,1H3. The summed E-state index contributed by atoms with van der Waals surface area (Å²) in [7, 11) is 0. The van der Waals surface area contributed by atoms with Gasteiger partial charge in [0.15, 0.2) is 0 Å². The van der Waals surface area contributed by atoms with E-state index in [0.717, 1.165) is 5.92 Å². The summed E-state index contributed by atoms with van der Waals surface area (Å²) in [4.78, 5) is 0. The third kappa shape index (κ3) is 1.92. The number of hydrogen-bond donors (Lipinski definition) is 0. The predicted octanol–water partition coefficient (Wildman–Crippen LogP) is 4.86. The van der Waals surface area contributed by atoms with Crippen molar-refractivity contribution in [3.8, 4) is 0 Å². The molecule has 0 amide bonds. The molecule has 3 rings (SSSR count). The Morgan fingerprint density at radius 3 is 3.00 bits per heavy atom. The van der Waals surface area contributed by atoms with Gasteiger partial charge in [0.2, 0.25) is 0 Å². The minimum atomic E-state index is 0.628.